The highest BCUT2D eigenvalue weighted by molar-refractivity contribution is 5.87. The minimum atomic E-state index is -0.420. The van der Waals surface area contributed by atoms with Crippen molar-refractivity contribution in [1.29, 1.82) is 0 Å². The van der Waals surface area contributed by atoms with Crippen molar-refractivity contribution >= 4 is 11.6 Å². The van der Waals surface area contributed by atoms with Crippen molar-refractivity contribution in [2.45, 2.75) is 91.9 Å². The molecule has 0 aromatic rings. The quantitative estimate of drug-likeness (QED) is 0.538. The van der Waals surface area contributed by atoms with Crippen molar-refractivity contribution in [3.63, 3.8) is 0 Å². The van der Waals surface area contributed by atoms with Gasteiger partial charge in [0.15, 0.2) is 0 Å². The van der Waals surface area contributed by atoms with E-state index >= 15 is 0 Å². The summed E-state index contributed by atoms with van der Waals surface area (Å²) < 4.78 is 0. The maximum Gasteiger partial charge on any atom is 0.141 e. The molecule has 0 bridgehead atoms. The second-order valence-electron chi connectivity index (χ2n) is 8.68. The predicted molar refractivity (Wildman–Crippen MR) is 107 cm³/mol. The number of Topliss-reactive ketones (excluding diaryl/α,β-unsaturated/α-hetero) is 2. The van der Waals surface area contributed by atoms with Crippen LogP contribution < -0.4 is 0 Å². The third kappa shape index (κ3) is 8.16. The molecule has 1 aliphatic carbocycles. The molecule has 0 spiro atoms. The molecule has 0 aromatic heterocycles. The zero-order valence-corrected chi connectivity index (χ0v) is 16.9. The van der Waals surface area contributed by atoms with Gasteiger partial charge in [0.05, 0.1) is 0 Å². The Kier molecular flexibility index (Phi) is 9.38. The van der Waals surface area contributed by atoms with E-state index in [0.29, 0.717) is 36.7 Å². The van der Waals surface area contributed by atoms with Gasteiger partial charge in [-0.3, -0.25) is 9.59 Å². The molecule has 0 aliphatic heterocycles. The third-order valence-corrected chi connectivity index (χ3v) is 5.63. The molecule has 25 heavy (non-hydrogen) atoms. The summed E-state index contributed by atoms with van der Waals surface area (Å²) in [7, 11) is 0. The Morgan fingerprint density at radius 3 is 2.60 bits per heavy atom. The smallest absolute Gasteiger partial charge is 0.141 e. The van der Waals surface area contributed by atoms with E-state index in [4.69, 9.17) is 0 Å². The van der Waals surface area contributed by atoms with Gasteiger partial charge in [0, 0.05) is 24.2 Å². The zero-order valence-electron chi connectivity index (χ0n) is 16.9. The average Bonchev–Trinajstić information content (AvgIpc) is 2.55. The first-order chi connectivity index (χ1) is 11.8. The molecule has 2 nitrogen and oxygen atoms in total. The topological polar surface area (TPSA) is 34.1 Å². The molecule has 1 rings (SSSR count). The summed E-state index contributed by atoms with van der Waals surface area (Å²) in [6.45, 7) is 12.3. The zero-order chi connectivity index (χ0) is 18.9. The maximum absolute atomic E-state index is 13.1. The lowest BCUT2D eigenvalue weighted by Gasteiger charge is -2.29. The van der Waals surface area contributed by atoms with Crippen LogP contribution >= 0.6 is 0 Å². The lowest BCUT2D eigenvalue weighted by atomic mass is 9.73. The summed E-state index contributed by atoms with van der Waals surface area (Å²) in [5.74, 6) is 1.21. The standard InChI is InChI=1S/C23H38O2/c1-6-10-20-17-19(3)13-9-12-18(2)11-7-8-14-21(24)15-16-23(4,5)22(20)25/h6,11,19-20H,1,7-10,12-17H2,2-5H3. The number of carbonyl (C=O) groups excluding carboxylic acids is 2. The summed E-state index contributed by atoms with van der Waals surface area (Å²) >= 11 is 0. The minimum absolute atomic E-state index is 0.0437. The SMILES string of the molecule is C=CCC1CC(C)CCCC(C)=CCCCC(=O)CCC(C)(C)C1=O. The molecule has 0 N–H and O–H groups in total. The van der Waals surface area contributed by atoms with Crippen molar-refractivity contribution in [3.05, 3.63) is 24.3 Å². The molecular weight excluding hydrogens is 308 g/mol. The molecule has 1 aliphatic rings. The number of allylic oxidation sites excluding steroid dienone is 3. The van der Waals surface area contributed by atoms with Crippen LogP contribution in [0.5, 0.6) is 0 Å². The van der Waals surface area contributed by atoms with Crippen molar-refractivity contribution < 1.29 is 9.59 Å². The van der Waals surface area contributed by atoms with Gasteiger partial charge in [-0.15, -0.1) is 6.58 Å². The van der Waals surface area contributed by atoms with Crippen molar-refractivity contribution in [2.24, 2.45) is 17.3 Å². The molecule has 0 radical (unpaired) electrons. The average molecular weight is 347 g/mol. The van der Waals surface area contributed by atoms with Crippen molar-refractivity contribution in [1.82, 2.24) is 0 Å². The van der Waals surface area contributed by atoms with Crippen LogP contribution in [0.2, 0.25) is 0 Å². The highest BCUT2D eigenvalue weighted by atomic mass is 16.1. The van der Waals surface area contributed by atoms with Gasteiger partial charge in [0.25, 0.3) is 0 Å². The lowest BCUT2D eigenvalue weighted by Crippen LogP contribution is -2.32. The molecule has 142 valence electrons. The van der Waals surface area contributed by atoms with Crippen molar-refractivity contribution in [2.75, 3.05) is 0 Å². The fourth-order valence-corrected chi connectivity index (χ4v) is 3.85. The number of hydrogen-bond acceptors (Lipinski definition) is 2. The van der Waals surface area contributed by atoms with Gasteiger partial charge in [0.2, 0.25) is 0 Å². The van der Waals surface area contributed by atoms with E-state index in [9.17, 15) is 9.59 Å². The monoisotopic (exact) mass is 346 g/mol. The van der Waals surface area contributed by atoms with E-state index < -0.39 is 5.41 Å². The Labute approximate surface area is 155 Å². The summed E-state index contributed by atoms with van der Waals surface area (Å²) in [6.07, 6.45) is 13.1. The molecule has 0 aromatic carbocycles. The molecule has 0 saturated carbocycles. The Morgan fingerprint density at radius 1 is 1.20 bits per heavy atom. The summed E-state index contributed by atoms with van der Waals surface area (Å²) in [6, 6.07) is 0. The normalized spacial score (nSPS) is 27.6. The first-order valence-corrected chi connectivity index (χ1v) is 10.1. The predicted octanol–water partition coefficient (Wildman–Crippen LogP) is 6.45. The molecule has 2 unspecified atom stereocenters. The van der Waals surface area contributed by atoms with Crippen LogP contribution in [0.25, 0.3) is 0 Å². The summed E-state index contributed by atoms with van der Waals surface area (Å²) in [4.78, 5) is 25.2. The maximum atomic E-state index is 13.1. The lowest BCUT2D eigenvalue weighted by molar-refractivity contribution is -0.132. The number of carbonyl (C=O) groups is 2. The largest absolute Gasteiger partial charge is 0.300 e. The molecule has 0 fully saturated rings. The second kappa shape index (κ2) is 10.7. The first-order valence-electron chi connectivity index (χ1n) is 10.1. The highest BCUT2D eigenvalue weighted by Crippen LogP contribution is 2.33. The Balaban J connectivity index is 2.88. The molecule has 0 heterocycles. The van der Waals surface area contributed by atoms with Gasteiger partial charge >= 0.3 is 0 Å². The van der Waals surface area contributed by atoms with Crippen LogP contribution in [0.15, 0.2) is 24.3 Å². The van der Waals surface area contributed by atoms with Gasteiger partial charge in [-0.2, -0.15) is 0 Å². The highest BCUT2D eigenvalue weighted by Gasteiger charge is 2.33. The van der Waals surface area contributed by atoms with Gasteiger partial charge < -0.3 is 0 Å². The van der Waals surface area contributed by atoms with E-state index in [0.717, 1.165) is 32.1 Å². The van der Waals surface area contributed by atoms with Crippen LogP contribution in [0.4, 0.5) is 0 Å². The summed E-state index contributed by atoms with van der Waals surface area (Å²) in [5.41, 5.74) is 1.02. The van der Waals surface area contributed by atoms with Gasteiger partial charge in [-0.1, -0.05) is 44.9 Å². The first kappa shape index (κ1) is 21.9. The van der Waals surface area contributed by atoms with E-state index in [1.165, 1.54) is 18.4 Å². The van der Waals surface area contributed by atoms with Gasteiger partial charge in [-0.25, -0.2) is 0 Å². The molecular formula is C23H38O2. The summed E-state index contributed by atoms with van der Waals surface area (Å²) in [5, 5.41) is 0. The van der Waals surface area contributed by atoms with Gasteiger partial charge in [-0.05, 0) is 57.8 Å². The number of ketones is 2. The van der Waals surface area contributed by atoms with E-state index in [-0.39, 0.29) is 5.92 Å². The van der Waals surface area contributed by atoms with Crippen LogP contribution in [-0.4, -0.2) is 11.6 Å². The van der Waals surface area contributed by atoms with Crippen LogP contribution in [0.1, 0.15) is 91.9 Å². The molecule has 0 amide bonds. The molecule has 2 heteroatoms. The van der Waals surface area contributed by atoms with Crippen LogP contribution in [-0.2, 0) is 9.59 Å². The van der Waals surface area contributed by atoms with Crippen molar-refractivity contribution in [3.8, 4) is 0 Å². The Morgan fingerprint density at radius 2 is 1.92 bits per heavy atom. The second-order valence-corrected chi connectivity index (χ2v) is 8.68. The van der Waals surface area contributed by atoms with E-state index in [2.05, 4.69) is 26.5 Å². The van der Waals surface area contributed by atoms with Gasteiger partial charge in [0.1, 0.15) is 11.6 Å². The molecule has 0 saturated heterocycles. The number of hydrogen-bond donors (Lipinski definition) is 0. The third-order valence-electron chi connectivity index (χ3n) is 5.63. The fraction of sp³-hybridized carbons (Fsp3) is 0.739. The van der Waals surface area contributed by atoms with E-state index in [1.54, 1.807) is 0 Å². The Bertz CT molecular complexity index is 484. The van der Waals surface area contributed by atoms with Crippen LogP contribution in [0, 0.1) is 17.3 Å². The minimum Gasteiger partial charge on any atom is -0.300 e. The van der Waals surface area contributed by atoms with Crippen LogP contribution in [0.3, 0.4) is 0 Å². The fourth-order valence-electron chi connectivity index (χ4n) is 3.85. The van der Waals surface area contributed by atoms with E-state index in [1.807, 2.05) is 19.9 Å². The number of rotatable bonds is 2. The molecule has 2 atom stereocenters. The Hall–Kier alpha value is -1.18.